The van der Waals surface area contributed by atoms with Gasteiger partial charge < -0.3 is 9.84 Å². The molecule has 2 aromatic rings. The van der Waals surface area contributed by atoms with Gasteiger partial charge in [0.05, 0.1) is 16.7 Å². The Hall–Kier alpha value is -2.61. The Morgan fingerprint density at radius 1 is 1.27 bits per heavy atom. The Morgan fingerprint density at radius 2 is 1.95 bits per heavy atom. The van der Waals surface area contributed by atoms with Crippen LogP contribution in [0, 0.1) is 15.9 Å². The van der Waals surface area contributed by atoms with E-state index in [9.17, 15) is 19.3 Å². The number of carbonyl (C=O) groups is 1. The highest BCUT2D eigenvalue weighted by Crippen LogP contribution is 2.29. The highest BCUT2D eigenvalue weighted by Gasteiger charge is 2.12. The minimum Gasteiger partial charge on any atom is -0.481 e. The summed E-state index contributed by atoms with van der Waals surface area (Å²) in [7, 11) is 0. The summed E-state index contributed by atoms with van der Waals surface area (Å²) in [4.78, 5) is 21.0. The van der Waals surface area contributed by atoms with Crippen LogP contribution in [-0.4, -0.2) is 21.8 Å². The van der Waals surface area contributed by atoms with E-state index < -0.39 is 16.7 Å². The van der Waals surface area contributed by atoms with Crippen LogP contribution in [-0.2, 0) is 4.79 Å². The normalized spacial score (nSPS) is 10.2. The third-order valence-electron chi connectivity index (χ3n) is 2.54. The molecule has 0 aliphatic carbocycles. The first-order valence-corrected chi connectivity index (χ1v) is 7.01. The topological polar surface area (TPSA) is 89.7 Å². The smallest absolute Gasteiger partial charge is 0.313 e. The summed E-state index contributed by atoms with van der Waals surface area (Å²) < 4.78 is 19.0. The first kappa shape index (κ1) is 15.8. The predicted octanol–water partition coefficient (Wildman–Crippen LogP) is 3.70. The molecule has 114 valence electrons. The van der Waals surface area contributed by atoms with Crippen LogP contribution in [0.25, 0.3) is 0 Å². The second kappa shape index (κ2) is 6.90. The molecular weight excluding hydrogens is 313 g/mol. The van der Waals surface area contributed by atoms with Gasteiger partial charge in [0, 0.05) is 11.0 Å². The van der Waals surface area contributed by atoms with Crippen molar-refractivity contribution in [3.63, 3.8) is 0 Å². The number of carboxylic acid groups (broad SMARTS) is 1. The Bertz CT molecular complexity index is 705. The van der Waals surface area contributed by atoms with Crippen molar-refractivity contribution < 1.29 is 24.0 Å². The zero-order valence-electron chi connectivity index (χ0n) is 11.1. The summed E-state index contributed by atoms with van der Waals surface area (Å²) in [6.07, 6.45) is 0. The molecule has 2 aromatic carbocycles. The van der Waals surface area contributed by atoms with Crippen LogP contribution in [0.1, 0.15) is 0 Å². The first-order valence-electron chi connectivity index (χ1n) is 6.02. The van der Waals surface area contributed by atoms with E-state index in [-0.39, 0.29) is 17.2 Å². The lowest BCUT2D eigenvalue weighted by Crippen LogP contribution is -1.97. The fourth-order valence-corrected chi connectivity index (χ4v) is 2.18. The molecule has 0 unspecified atom stereocenters. The summed E-state index contributed by atoms with van der Waals surface area (Å²) in [5.74, 6) is -1.60. The number of non-ortho nitro benzene ring substituents is 1. The van der Waals surface area contributed by atoms with Gasteiger partial charge in [-0.1, -0.05) is 0 Å². The van der Waals surface area contributed by atoms with Crippen molar-refractivity contribution in [3.05, 3.63) is 58.4 Å². The van der Waals surface area contributed by atoms with Crippen LogP contribution in [0.3, 0.4) is 0 Å². The molecule has 0 saturated carbocycles. The van der Waals surface area contributed by atoms with Crippen molar-refractivity contribution in [2.24, 2.45) is 0 Å². The van der Waals surface area contributed by atoms with Gasteiger partial charge in [0.15, 0.2) is 11.6 Å². The average molecular weight is 323 g/mol. The number of carboxylic acids is 1. The summed E-state index contributed by atoms with van der Waals surface area (Å²) >= 11 is 1.15. The molecule has 0 bridgehead atoms. The summed E-state index contributed by atoms with van der Waals surface area (Å²) in [6.45, 7) is 0. The maximum Gasteiger partial charge on any atom is 0.313 e. The second-order valence-electron chi connectivity index (χ2n) is 4.13. The molecule has 2 rings (SSSR count). The lowest BCUT2D eigenvalue weighted by atomic mass is 10.3. The quantitative estimate of drug-likeness (QED) is 0.495. The van der Waals surface area contributed by atoms with Crippen molar-refractivity contribution in [2.75, 3.05) is 5.75 Å². The third-order valence-corrected chi connectivity index (χ3v) is 3.54. The second-order valence-corrected chi connectivity index (χ2v) is 5.18. The van der Waals surface area contributed by atoms with Crippen LogP contribution >= 0.6 is 11.8 Å². The van der Waals surface area contributed by atoms with Gasteiger partial charge in [-0.15, -0.1) is 11.8 Å². The van der Waals surface area contributed by atoms with E-state index in [1.807, 2.05) is 0 Å². The van der Waals surface area contributed by atoms with Gasteiger partial charge in [0.1, 0.15) is 5.75 Å². The number of ether oxygens (including phenoxy) is 1. The number of nitrogens with zero attached hydrogens (tertiary/aromatic N) is 1. The van der Waals surface area contributed by atoms with Gasteiger partial charge in [-0.25, -0.2) is 4.39 Å². The van der Waals surface area contributed by atoms with Gasteiger partial charge in [0.25, 0.3) is 5.69 Å². The molecule has 6 nitrogen and oxygen atoms in total. The van der Waals surface area contributed by atoms with Crippen molar-refractivity contribution in [1.82, 2.24) is 0 Å². The lowest BCUT2D eigenvalue weighted by Gasteiger charge is -2.07. The number of hydrogen-bond acceptors (Lipinski definition) is 5. The number of aliphatic carboxylic acids is 1. The largest absolute Gasteiger partial charge is 0.481 e. The van der Waals surface area contributed by atoms with E-state index >= 15 is 0 Å². The molecule has 0 aromatic heterocycles. The van der Waals surface area contributed by atoms with E-state index in [0.29, 0.717) is 5.75 Å². The average Bonchev–Trinajstić information content (AvgIpc) is 2.48. The molecule has 0 aliphatic heterocycles. The molecule has 22 heavy (non-hydrogen) atoms. The zero-order valence-corrected chi connectivity index (χ0v) is 11.9. The molecule has 0 amide bonds. The highest BCUT2D eigenvalue weighted by molar-refractivity contribution is 8.00. The summed E-state index contributed by atoms with van der Waals surface area (Å²) in [5.41, 5.74) is -0.356. The van der Waals surface area contributed by atoms with E-state index in [0.717, 1.165) is 28.8 Å². The number of hydrogen-bond donors (Lipinski definition) is 1. The fraction of sp³-hybridized carbons (Fsp3) is 0.0714. The van der Waals surface area contributed by atoms with Gasteiger partial charge >= 0.3 is 5.97 Å². The Balaban J connectivity index is 2.07. The summed E-state index contributed by atoms with van der Waals surface area (Å²) in [6, 6.07) is 9.52. The van der Waals surface area contributed by atoms with Crippen molar-refractivity contribution in [3.8, 4) is 11.5 Å². The van der Waals surface area contributed by atoms with Crippen LogP contribution < -0.4 is 4.74 Å². The van der Waals surface area contributed by atoms with E-state index in [2.05, 4.69) is 0 Å². The molecular formula is C14H10FNO5S. The standard InChI is InChI=1S/C14H10FNO5S/c15-12-7-9(16(19)20)1-6-13(12)21-10-2-4-11(5-3-10)22-8-14(17)18/h1-7H,8H2,(H,17,18). The predicted molar refractivity (Wildman–Crippen MR) is 77.9 cm³/mol. The minimum atomic E-state index is -0.918. The molecule has 0 saturated heterocycles. The van der Waals surface area contributed by atoms with Crippen LogP contribution in [0.2, 0.25) is 0 Å². The zero-order chi connectivity index (χ0) is 16.1. The van der Waals surface area contributed by atoms with Crippen molar-refractivity contribution in [2.45, 2.75) is 4.90 Å². The molecule has 0 heterocycles. The van der Waals surface area contributed by atoms with Crippen LogP contribution in [0.4, 0.5) is 10.1 Å². The number of thioether (sulfide) groups is 1. The minimum absolute atomic E-state index is 0.0583. The van der Waals surface area contributed by atoms with Gasteiger partial charge in [0.2, 0.25) is 0 Å². The van der Waals surface area contributed by atoms with Gasteiger partial charge in [-0.05, 0) is 30.3 Å². The highest BCUT2D eigenvalue weighted by atomic mass is 32.2. The number of halogens is 1. The first-order chi connectivity index (χ1) is 10.5. The number of nitro groups is 1. The van der Waals surface area contributed by atoms with Gasteiger partial charge in [-0.3, -0.25) is 14.9 Å². The van der Waals surface area contributed by atoms with E-state index in [1.165, 1.54) is 6.07 Å². The monoisotopic (exact) mass is 323 g/mol. The lowest BCUT2D eigenvalue weighted by molar-refractivity contribution is -0.385. The number of rotatable bonds is 6. The van der Waals surface area contributed by atoms with Crippen molar-refractivity contribution in [1.29, 1.82) is 0 Å². The fourth-order valence-electron chi connectivity index (χ4n) is 1.56. The SMILES string of the molecule is O=C(O)CSc1ccc(Oc2ccc([N+](=O)[O-])cc2F)cc1. The molecule has 8 heteroatoms. The van der Waals surface area contributed by atoms with Crippen LogP contribution in [0.15, 0.2) is 47.4 Å². The molecule has 0 spiro atoms. The van der Waals surface area contributed by atoms with Gasteiger partial charge in [-0.2, -0.15) is 0 Å². The Morgan fingerprint density at radius 3 is 2.50 bits per heavy atom. The summed E-state index contributed by atoms with van der Waals surface area (Å²) in [5, 5.41) is 19.1. The molecule has 0 radical (unpaired) electrons. The third kappa shape index (κ3) is 4.19. The Kier molecular flexibility index (Phi) is 4.95. The molecule has 0 fully saturated rings. The number of benzene rings is 2. The number of nitro benzene ring substituents is 1. The maximum atomic E-state index is 13.7. The van der Waals surface area contributed by atoms with E-state index in [4.69, 9.17) is 9.84 Å². The van der Waals surface area contributed by atoms with Crippen molar-refractivity contribution >= 4 is 23.4 Å². The van der Waals surface area contributed by atoms with Crippen LogP contribution in [0.5, 0.6) is 11.5 Å². The van der Waals surface area contributed by atoms with E-state index in [1.54, 1.807) is 24.3 Å². The maximum absolute atomic E-state index is 13.7. The molecule has 1 N–H and O–H groups in total. The molecule has 0 aliphatic rings. The Labute approximate surface area is 128 Å². The molecule has 0 atom stereocenters.